The lowest BCUT2D eigenvalue weighted by Crippen LogP contribution is -2.40. The molecule has 0 bridgehead atoms. The lowest BCUT2D eigenvalue weighted by Gasteiger charge is -2.21. The summed E-state index contributed by atoms with van der Waals surface area (Å²) in [6.07, 6.45) is 2.09. The molecule has 0 spiro atoms. The van der Waals surface area contributed by atoms with E-state index in [9.17, 15) is 0 Å². The lowest BCUT2D eigenvalue weighted by molar-refractivity contribution is 0.157. The molecular formula is C20H33N3O2. The number of ether oxygens (including phenoxy) is 2. The van der Waals surface area contributed by atoms with Gasteiger partial charge in [0.15, 0.2) is 5.96 Å². The van der Waals surface area contributed by atoms with Crippen molar-refractivity contribution in [2.24, 2.45) is 10.9 Å². The Balaban J connectivity index is 1.80. The van der Waals surface area contributed by atoms with E-state index in [0.717, 1.165) is 50.9 Å². The summed E-state index contributed by atoms with van der Waals surface area (Å²) in [6, 6.07) is 6.25. The highest BCUT2D eigenvalue weighted by molar-refractivity contribution is 5.80. The lowest BCUT2D eigenvalue weighted by atomic mass is 10.1. The number of benzene rings is 1. The van der Waals surface area contributed by atoms with Crippen molar-refractivity contribution in [3.8, 4) is 5.75 Å². The van der Waals surface area contributed by atoms with E-state index in [-0.39, 0.29) is 0 Å². The second-order valence-corrected chi connectivity index (χ2v) is 6.71. The average molecular weight is 348 g/mol. The van der Waals surface area contributed by atoms with Gasteiger partial charge in [0, 0.05) is 45.6 Å². The molecule has 0 saturated carbocycles. The zero-order chi connectivity index (χ0) is 18.1. The van der Waals surface area contributed by atoms with Crippen LogP contribution in [0.15, 0.2) is 23.2 Å². The van der Waals surface area contributed by atoms with Gasteiger partial charge >= 0.3 is 0 Å². The number of aryl methyl sites for hydroxylation is 2. The highest BCUT2D eigenvalue weighted by atomic mass is 16.5. The summed E-state index contributed by atoms with van der Waals surface area (Å²) in [5.74, 6) is 2.65. The highest BCUT2D eigenvalue weighted by Crippen LogP contribution is 2.22. The number of para-hydroxylation sites is 1. The summed E-state index contributed by atoms with van der Waals surface area (Å²) in [5, 5.41) is 3.41. The van der Waals surface area contributed by atoms with Gasteiger partial charge < -0.3 is 19.7 Å². The standard InChI is InChI=1S/C20H33N3O2/c1-5-21-20(23-12-10-18(14-23)15-24-4)22-11-7-13-25-19-16(2)8-6-9-17(19)3/h6,8-9,18H,5,7,10-15H2,1-4H3,(H,21,22). The highest BCUT2D eigenvalue weighted by Gasteiger charge is 2.24. The third-order valence-electron chi connectivity index (χ3n) is 4.54. The molecule has 140 valence electrons. The molecule has 5 heteroatoms. The van der Waals surface area contributed by atoms with Crippen molar-refractivity contribution in [3.63, 3.8) is 0 Å². The fraction of sp³-hybridized carbons (Fsp3) is 0.650. The first-order chi connectivity index (χ1) is 12.2. The maximum absolute atomic E-state index is 5.96. The normalized spacial score (nSPS) is 17.8. The fourth-order valence-corrected chi connectivity index (χ4v) is 3.27. The van der Waals surface area contributed by atoms with Crippen LogP contribution in [0.2, 0.25) is 0 Å². The molecule has 0 aliphatic carbocycles. The van der Waals surface area contributed by atoms with Crippen molar-refractivity contribution in [1.82, 2.24) is 10.2 Å². The van der Waals surface area contributed by atoms with Crippen molar-refractivity contribution < 1.29 is 9.47 Å². The van der Waals surface area contributed by atoms with Crippen molar-refractivity contribution >= 4 is 5.96 Å². The number of guanidine groups is 1. The molecule has 25 heavy (non-hydrogen) atoms. The Kier molecular flexibility index (Phi) is 8.06. The van der Waals surface area contributed by atoms with E-state index in [0.29, 0.717) is 12.5 Å². The zero-order valence-electron chi connectivity index (χ0n) is 16.2. The largest absolute Gasteiger partial charge is 0.493 e. The van der Waals surface area contributed by atoms with Gasteiger partial charge in [-0.2, -0.15) is 0 Å². The van der Waals surface area contributed by atoms with Crippen LogP contribution in [0.1, 0.15) is 30.9 Å². The topological polar surface area (TPSA) is 46.1 Å². The van der Waals surface area contributed by atoms with Gasteiger partial charge in [-0.15, -0.1) is 0 Å². The van der Waals surface area contributed by atoms with Gasteiger partial charge in [0.2, 0.25) is 0 Å². The molecule has 1 N–H and O–H groups in total. The molecule has 1 unspecified atom stereocenters. The Labute approximate surface area is 152 Å². The molecule has 1 aromatic rings. The molecular weight excluding hydrogens is 314 g/mol. The van der Waals surface area contributed by atoms with Gasteiger partial charge in [0.25, 0.3) is 0 Å². The number of nitrogens with zero attached hydrogens (tertiary/aromatic N) is 2. The Morgan fingerprint density at radius 3 is 2.76 bits per heavy atom. The SMILES string of the molecule is CCNC(=NCCCOc1c(C)cccc1C)N1CCC(COC)C1. The summed E-state index contributed by atoms with van der Waals surface area (Å²) in [5.41, 5.74) is 2.39. The van der Waals surface area contributed by atoms with Gasteiger partial charge in [-0.3, -0.25) is 4.99 Å². The maximum Gasteiger partial charge on any atom is 0.193 e. The number of hydrogen-bond acceptors (Lipinski definition) is 3. The van der Waals surface area contributed by atoms with Crippen LogP contribution in [0.25, 0.3) is 0 Å². The number of rotatable bonds is 8. The van der Waals surface area contributed by atoms with Gasteiger partial charge in [0.1, 0.15) is 5.75 Å². The molecule has 1 saturated heterocycles. The second-order valence-electron chi connectivity index (χ2n) is 6.71. The van der Waals surface area contributed by atoms with Crippen LogP contribution in [0.5, 0.6) is 5.75 Å². The predicted octanol–water partition coefficient (Wildman–Crippen LogP) is 3.01. The van der Waals surface area contributed by atoms with Crippen LogP contribution in [0.3, 0.4) is 0 Å². The monoisotopic (exact) mass is 347 g/mol. The maximum atomic E-state index is 5.96. The fourth-order valence-electron chi connectivity index (χ4n) is 3.27. The molecule has 1 heterocycles. The van der Waals surface area contributed by atoms with E-state index >= 15 is 0 Å². The molecule has 2 rings (SSSR count). The number of nitrogens with one attached hydrogen (secondary N) is 1. The number of methoxy groups -OCH3 is 1. The van der Waals surface area contributed by atoms with E-state index < -0.39 is 0 Å². The minimum absolute atomic E-state index is 0.612. The van der Waals surface area contributed by atoms with Crippen LogP contribution in [-0.4, -0.2) is 57.4 Å². The molecule has 1 aliphatic rings. The second kappa shape index (κ2) is 10.3. The van der Waals surface area contributed by atoms with Crippen molar-refractivity contribution in [2.75, 3.05) is 46.5 Å². The predicted molar refractivity (Wildman–Crippen MR) is 104 cm³/mol. The molecule has 0 radical (unpaired) electrons. The minimum Gasteiger partial charge on any atom is -0.493 e. The molecule has 0 aromatic heterocycles. The van der Waals surface area contributed by atoms with Crippen LogP contribution in [0.4, 0.5) is 0 Å². The molecule has 5 nitrogen and oxygen atoms in total. The van der Waals surface area contributed by atoms with E-state index in [1.54, 1.807) is 7.11 Å². The molecule has 1 fully saturated rings. The van der Waals surface area contributed by atoms with Crippen molar-refractivity contribution in [1.29, 1.82) is 0 Å². The van der Waals surface area contributed by atoms with Crippen LogP contribution < -0.4 is 10.1 Å². The Hall–Kier alpha value is -1.75. The van der Waals surface area contributed by atoms with Crippen LogP contribution in [0, 0.1) is 19.8 Å². The minimum atomic E-state index is 0.612. The Morgan fingerprint density at radius 2 is 2.08 bits per heavy atom. The van der Waals surface area contributed by atoms with Gasteiger partial charge in [0.05, 0.1) is 13.2 Å². The van der Waals surface area contributed by atoms with Crippen molar-refractivity contribution in [3.05, 3.63) is 29.3 Å². The number of hydrogen-bond donors (Lipinski definition) is 1. The van der Waals surface area contributed by atoms with E-state index in [2.05, 4.69) is 49.2 Å². The first-order valence-electron chi connectivity index (χ1n) is 9.37. The summed E-state index contributed by atoms with van der Waals surface area (Å²) >= 11 is 0. The zero-order valence-corrected chi connectivity index (χ0v) is 16.2. The summed E-state index contributed by atoms with van der Waals surface area (Å²) in [7, 11) is 1.78. The van der Waals surface area contributed by atoms with Gasteiger partial charge in [-0.05, 0) is 38.3 Å². The van der Waals surface area contributed by atoms with Gasteiger partial charge in [-0.25, -0.2) is 0 Å². The summed E-state index contributed by atoms with van der Waals surface area (Å²) in [4.78, 5) is 7.12. The Bertz CT molecular complexity index is 540. The first kappa shape index (κ1) is 19.6. The first-order valence-corrected chi connectivity index (χ1v) is 9.37. The third kappa shape index (κ3) is 5.92. The van der Waals surface area contributed by atoms with Crippen LogP contribution in [-0.2, 0) is 4.74 Å². The van der Waals surface area contributed by atoms with E-state index in [1.807, 2.05) is 0 Å². The van der Waals surface area contributed by atoms with Crippen molar-refractivity contribution in [2.45, 2.75) is 33.6 Å². The third-order valence-corrected chi connectivity index (χ3v) is 4.54. The number of aliphatic imine (C=N–C) groups is 1. The molecule has 0 amide bonds. The van der Waals surface area contributed by atoms with E-state index in [4.69, 9.17) is 14.5 Å². The molecule has 1 aromatic carbocycles. The average Bonchev–Trinajstić information content (AvgIpc) is 3.05. The quantitative estimate of drug-likeness (QED) is 0.446. The summed E-state index contributed by atoms with van der Waals surface area (Å²) in [6.45, 7) is 11.6. The summed E-state index contributed by atoms with van der Waals surface area (Å²) < 4.78 is 11.2. The van der Waals surface area contributed by atoms with Crippen LogP contribution >= 0.6 is 0 Å². The Morgan fingerprint density at radius 1 is 1.32 bits per heavy atom. The van der Waals surface area contributed by atoms with Gasteiger partial charge in [-0.1, -0.05) is 18.2 Å². The molecule has 1 atom stereocenters. The number of likely N-dealkylation sites (tertiary alicyclic amines) is 1. The van der Waals surface area contributed by atoms with E-state index in [1.165, 1.54) is 17.5 Å². The molecule has 1 aliphatic heterocycles. The smallest absolute Gasteiger partial charge is 0.193 e.